The first-order valence-corrected chi connectivity index (χ1v) is 6.87. The van der Waals surface area contributed by atoms with Crippen molar-refractivity contribution in [3.05, 3.63) is 48.0 Å². The van der Waals surface area contributed by atoms with E-state index in [-0.39, 0.29) is 0 Å². The van der Waals surface area contributed by atoms with Crippen molar-refractivity contribution in [3.63, 3.8) is 0 Å². The van der Waals surface area contributed by atoms with E-state index in [2.05, 4.69) is 50.8 Å². The van der Waals surface area contributed by atoms with Crippen molar-refractivity contribution in [1.82, 2.24) is 0 Å². The highest BCUT2D eigenvalue weighted by Crippen LogP contribution is 2.16. The van der Waals surface area contributed by atoms with Gasteiger partial charge in [0.25, 0.3) is 0 Å². The van der Waals surface area contributed by atoms with Crippen LogP contribution in [0.2, 0.25) is 0 Å². The predicted octanol–water partition coefficient (Wildman–Crippen LogP) is 5.39. The van der Waals surface area contributed by atoms with Gasteiger partial charge in [0, 0.05) is 0 Å². The molecule has 1 unspecified atom stereocenters. The maximum atomic E-state index is 3.94. The lowest BCUT2D eigenvalue weighted by atomic mass is 9.95. The number of benzene rings is 1. The van der Waals surface area contributed by atoms with Gasteiger partial charge >= 0.3 is 0 Å². The normalized spacial score (nSPS) is 12.4. The molecule has 1 atom stereocenters. The Kier molecular flexibility index (Phi) is 6.69. The summed E-state index contributed by atoms with van der Waals surface area (Å²) >= 11 is 0. The first kappa shape index (κ1) is 14.0. The fourth-order valence-corrected chi connectivity index (χ4v) is 2.21. The Morgan fingerprint density at radius 3 is 2.47 bits per heavy atom. The van der Waals surface area contributed by atoms with Crippen molar-refractivity contribution in [2.75, 3.05) is 0 Å². The quantitative estimate of drug-likeness (QED) is 0.415. The Hall–Kier alpha value is -1.04. The summed E-state index contributed by atoms with van der Waals surface area (Å²) in [7, 11) is 0. The molecule has 0 heteroatoms. The van der Waals surface area contributed by atoms with Gasteiger partial charge < -0.3 is 0 Å². The molecule has 0 saturated carbocycles. The number of unbranched alkanes of at least 4 members (excludes halogenated alkanes) is 2. The molecule has 0 saturated heterocycles. The summed E-state index contributed by atoms with van der Waals surface area (Å²) in [5, 5.41) is 0. The largest absolute Gasteiger partial charge is 0.100 e. The minimum Gasteiger partial charge on any atom is -0.100 e. The fourth-order valence-electron chi connectivity index (χ4n) is 2.21. The molecule has 0 radical (unpaired) electrons. The second kappa shape index (κ2) is 8.11. The Balaban J connectivity index is 2.09. The van der Waals surface area contributed by atoms with Gasteiger partial charge in [-0.15, -0.1) is 6.58 Å². The molecule has 94 valence electrons. The lowest BCUT2D eigenvalue weighted by Crippen LogP contribution is -1.99. The molecule has 1 aromatic rings. The lowest BCUT2D eigenvalue weighted by Gasteiger charge is -2.11. The van der Waals surface area contributed by atoms with Gasteiger partial charge in [0.05, 0.1) is 0 Å². The van der Waals surface area contributed by atoms with Gasteiger partial charge in [-0.3, -0.25) is 0 Å². The minimum atomic E-state index is 0.808. The molecule has 0 amide bonds. The van der Waals surface area contributed by atoms with Crippen LogP contribution in [0.3, 0.4) is 0 Å². The molecule has 17 heavy (non-hydrogen) atoms. The van der Waals surface area contributed by atoms with E-state index in [4.69, 9.17) is 0 Å². The van der Waals surface area contributed by atoms with Crippen LogP contribution in [0.4, 0.5) is 0 Å². The molecular formula is C17H26. The summed E-state index contributed by atoms with van der Waals surface area (Å²) in [4.78, 5) is 0. The Labute approximate surface area is 107 Å². The first-order chi connectivity index (χ1) is 8.18. The molecule has 1 aromatic carbocycles. The summed E-state index contributed by atoms with van der Waals surface area (Å²) < 4.78 is 0. The number of allylic oxidation sites excluding steroid dienone is 1. The third-order valence-corrected chi connectivity index (χ3v) is 3.23. The van der Waals surface area contributed by atoms with Crippen molar-refractivity contribution < 1.29 is 0 Å². The molecular weight excluding hydrogens is 204 g/mol. The molecule has 0 aliphatic heterocycles. The molecule has 0 heterocycles. The third kappa shape index (κ3) is 6.99. The van der Waals surface area contributed by atoms with Gasteiger partial charge in [-0.2, -0.15) is 0 Å². The van der Waals surface area contributed by atoms with Gasteiger partial charge in [0.15, 0.2) is 0 Å². The predicted molar refractivity (Wildman–Crippen MR) is 77.2 cm³/mol. The van der Waals surface area contributed by atoms with Crippen LogP contribution in [-0.4, -0.2) is 0 Å². The highest BCUT2D eigenvalue weighted by Gasteiger charge is 2.03. The van der Waals surface area contributed by atoms with E-state index in [0.29, 0.717) is 0 Å². The van der Waals surface area contributed by atoms with Gasteiger partial charge in [-0.25, -0.2) is 0 Å². The number of hydrogen-bond donors (Lipinski definition) is 0. The van der Waals surface area contributed by atoms with Crippen LogP contribution < -0.4 is 0 Å². The molecule has 0 N–H and O–H groups in total. The summed E-state index contributed by atoms with van der Waals surface area (Å²) in [6, 6.07) is 10.8. The summed E-state index contributed by atoms with van der Waals surface area (Å²) in [5.41, 5.74) is 2.80. The molecule has 0 spiro atoms. The molecule has 0 aliphatic carbocycles. The zero-order valence-electron chi connectivity index (χ0n) is 11.4. The number of hydrogen-bond acceptors (Lipinski definition) is 0. The van der Waals surface area contributed by atoms with Gasteiger partial charge in [-0.1, -0.05) is 62.1 Å². The second-order valence-electron chi connectivity index (χ2n) is 5.35. The summed E-state index contributed by atoms with van der Waals surface area (Å²) in [6.45, 7) is 8.43. The van der Waals surface area contributed by atoms with E-state index in [0.717, 1.165) is 5.92 Å². The summed E-state index contributed by atoms with van der Waals surface area (Å²) in [6.07, 6.45) is 7.81. The Bertz CT molecular complexity index is 310. The highest BCUT2D eigenvalue weighted by atomic mass is 14.1. The van der Waals surface area contributed by atoms with Crippen LogP contribution >= 0.6 is 0 Å². The van der Waals surface area contributed by atoms with Crippen LogP contribution in [0.1, 0.15) is 51.5 Å². The molecule has 0 nitrogen and oxygen atoms in total. The molecule has 0 fully saturated rings. The van der Waals surface area contributed by atoms with Crippen LogP contribution in [0.25, 0.3) is 0 Å². The molecule has 0 aliphatic rings. The topological polar surface area (TPSA) is 0 Å². The fraction of sp³-hybridized carbons (Fsp3) is 0.529. The van der Waals surface area contributed by atoms with Crippen LogP contribution in [0, 0.1) is 5.92 Å². The monoisotopic (exact) mass is 230 g/mol. The van der Waals surface area contributed by atoms with Crippen molar-refractivity contribution in [2.45, 2.75) is 52.4 Å². The van der Waals surface area contributed by atoms with Crippen molar-refractivity contribution in [2.24, 2.45) is 5.92 Å². The standard InChI is InChI=1S/C17H26/c1-15(2)10-6-4-7-11-16(3)14-17-12-8-5-9-13-17/h5,8-9,12-13,16H,1,4,6-7,10-11,14H2,2-3H3. The SMILES string of the molecule is C=C(C)CCCCCC(C)Cc1ccccc1. The minimum absolute atomic E-state index is 0.808. The average Bonchev–Trinajstić information content (AvgIpc) is 2.29. The Morgan fingerprint density at radius 2 is 1.82 bits per heavy atom. The zero-order valence-corrected chi connectivity index (χ0v) is 11.4. The van der Waals surface area contributed by atoms with Crippen LogP contribution in [0.5, 0.6) is 0 Å². The van der Waals surface area contributed by atoms with E-state index in [1.165, 1.54) is 49.7 Å². The maximum absolute atomic E-state index is 3.94. The van der Waals surface area contributed by atoms with Gasteiger partial charge in [0.1, 0.15) is 0 Å². The van der Waals surface area contributed by atoms with Gasteiger partial charge in [-0.05, 0) is 37.7 Å². The smallest absolute Gasteiger partial charge is 0.0253 e. The Morgan fingerprint density at radius 1 is 1.12 bits per heavy atom. The van der Waals surface area contributed by atoms with Crippen molar-refractivity contribution in [1.29, 1.82) is 0 Å². The first-order valence-electron chi connectivity index (χ1n) is 6.87. The lowest BCUT2D eigenvalue weighted by molar-refractivity contribution is 0.488. The maximum Gasteiger partial charge on any atom is -0.0253 e. The molecule has 0 aromatic heterocycles. The van der Waals surface area contributed by atoms with E-state index < -0.39 is 0 Å². The van der Waals surface area contributed by atoms with Gasteiger partial charge in [0.2, 0.25) is 0 Å². The average molecular weight is 230 g/mol. The summed E-state index contributed by atoms with van der Waals surface area (Å²) in [5.74, 6) is 0.808. The third-order valence-electron chi connectivity index (χ3n) is 3.23. The van der Waals surface area contributed by atoms with E-state index in [9.17, 15) is 0 Å². The zero-order chi connectivity index (χ0) is 12.5. The highest BCUT2D eigenvalue weighted by molar-refractivity contribution is 5.14. The second-order valence-corrected chi connectivity index (χ2v) is 5.35. The van der Waals surface area contributed by atoms with E-state index >= 15 is 0 Å². The molecule has 0 bridgehead atoms. The van der Waals surface area contributed by atoms with Crippen LogP contribution in [0.15, 0.2) is 42.5 Å². The van der Waals surface area contributed by atoms with Crippen molar-refractivity contribution >= 4 is 0 Å². The van der Waals surface area contributed by atoms with Crippen molar-refractivity contribution in [3.8, 4) is 0 Å². The van der Waals surface area contributed by atoms with E-state index in [1.807, 2.05) is 0 Å². The van der Waals surface area contributed by atoms with Crippen LogP contribution in [-0.2, 0) is 6.42 Å². The van der Waals surface area contributed by atoms with E-state index in [1.54, 1.807) is 0 Å². The molecule has 1 rings (SSSR count). The number of rotatable bonds is 8.